The first-order chi connectivity index (χ1) is 9.43. The number of hydrogen-bond donors (Lipinski definition) is 1. The molecule has 1 aromatic rings. The Bertz CT molecular complexity index is 433. The van der Waals surface area contributed by atoms with E-state index in [1.807, 2.05) is 57.1 Å². The zero-order valence-corrected chi connectivity index (χ0v) is 12.8. The topological polar surface area (TPSA) is 50.8 Å². The molecule has 0 radical (unpaired) electrons. The molecule has 1 atom stereocenters. The average Bonchev–Trinajstić information content (AvgIpc) is 2.38. The van der Waals surface area contributed by atoms with Crippen LogP contribution in [0.5, 0.6) is 5.75 Å². The minimum atomic E-state index is -0.394. The van der Waals surface area contributed by atoms with Crippen LogP contribution in [0.25, 0.3) is 0 Å². The van der Waals surface area contributed by atoms with Crippen LogP contribution in [0.3, 0.4) is 0 Å². The predicted molar refractivity (Wildman–Crippen MR) is 79.0 cm³/mol. The van der Waals surface area contributed by atoms with Crippen molar-refractivity contribution >= 4 is 6.09 Å². The van der Waals surface area contributed by atoms with Gasteiger partial charge in [0.25, 0.3) is 0 Å². The normalized spacial score (nSPS) is 12.3. The Morgan fingerprint density at radius 3 is 2.60 bits per heavy atom. The molecule has 0 aliphatic rings. The van der Waals surface area contributed by atoms with Gasteiger partial charge in [0.05, 0.1) is 19.3 Å². The van der Waals surface area contributed by atoms with E-state index in [2.05, 4.69) is 5.32 Å². The molecule has 0 bridgehead atoms. The first-order valence-electron chi connectivity index (χ1n) is 6.69. The highest BCUT2D eigenvalue weighted by Gasteiger charge is 2.16. The van der Waals surface area contributed by atoms with Crippen molar-refractivity contribution in [2.75, 3.05) is 27.7 Å². The first-order valence-corrected chi connectivity index (χ1v) is 6.69. The third kappa shape index (κ3) is 5.09. The van der Waals surface area contributed by atoms with E-state index in [0.29, 0.717) is 6.54 Å². The smallest absolute Gasteiger partial charge is 0.407 e. The largest absolute Gasteiger partial charge is 0.497 e. The monoisotopic (exact) mass is 280 g/mol. The number of carbonyl (C=O) groups excluding carboxylic acids is 1. The highest BCUT2D eigenvalue weighted by molar-refractivity contribution is 5.67. The second kappa shape index (κ2) is 7.75. The highest BCUT2D eigenvalue weighted by atomic mass is 16.6. The lowest BCUT2D eigenvalue weighted by molar-refractivity contribution is 0.113. The number of hydrogen-bond acceptors (Lipinski definition) is 4. The summed E-state index contributed by atoms with van der Waals surface area (Å²) in [7, 11) is 5.58. The maximum absolute atomic E-state index is 11.6. The molecule has 112 valence electrons. The minimum Gasteiger partial charge on any atom is -0.497 e. The van der Waals surface area contributed by atoms with Gasteiger partial charge in [-0.25, -0.2) is 4.79 Å². The van der Waals surface area contributed by atoms with Gasteiger partial charge in [-0.15, -0.1) is 0 Å². The van der Waals surface area contributed by atoms with Gasteiger partial charge in [-0.1, -0.05) is 12.1 Å². The van der Waals surface area contributed by atoms with E-state index in [0.717, 1.165) is 11.3 Å². The molecule has 0 spiro atoms. The van der Waals surface area contributed by atoms with Gasteiger partial charge in [-0.05, 0) is 45.6 Å². The Labute approximate surface area is 120 Å². The third-order valence-electron chi connectivity index (χ3n) is 2.88. The van der Waals surface area contributed by atoms with Gasteiger partial charge in [0, 0.05) is 6.54 Å². The lowest BCUT2D eigenvalue weighted by Gasteiger charge is -2.25. The molecule has 1 aromatic carbocycles. The fourth-order valence-corrected chi connectivity index (χ4v) is 1.88. The molecular weight excluding hydrogens is 256 g/mol. The fraction of sp³-hybridized carbons (Fsp3) is 0.533. The van der Waals surface area contributed by atoms with Crippen LogP contribution in [0.2, 0.25) is 0 Å². The zero-order valence-electron chi connectivity index (χ0n) is 12.8. The fourth-order valence-electron chi connectivity index (χ4n) is 1.88. The lowest BCUT2D eigenvalue weighted by Crippen LogP contribution is -2.35. The molecule has 0 saturated heterocycles. The number of amides is 1. The van der Waals surface area contributed by atoms with Crippen LogP contribution in [0.1, 0.15) is 25.5 Å². The van der Waals surface area contributed by atoms with E-state index in [9.17, 15) is 4.79 Å². The molecule has 5 nitrogen and oxygen atoms in total. The van der Waals surface area contributed by atoms with Crippen LogP contribution in [-0.4, -0.2) is 44.8 Å². The van der Waals surface area contributed by atoms with Crippen LogP contribution in [-0.2, 0) is 4.74 Å². The molecule has 1 amide bonds. The zero-order chi connectivity index (χ0) is 15.1. The van der Waals surface area contributed by atoms with Crippen molar-refractivity contribution < 1.29 is 14.3 Å². The number of nitrogens with zero attached hydrogens (tertiary/aromatic N) is 1. The number of nitrogens with one attached hydrogen (secondary N) is 1. The number of likely N-dealkylation sites (N-methyl/N-ethyl adjacent to an activating group) is 1. The Hall–Kier alpha value is -1.75. The first kappa shape index (κ1) is 16.3. The van der Waals surface area contributed by atoms with E-state index in [1.165, 1.54) is 0 Å². The molecule has 0 aromatic heterocycles. The van der Waals surface area contributed by atoms with Crippen molar-refractivity contribution in [1.82, 2.24) is 10.2 Å². The summed E-state index contributed by atoms with van der Waals surface area (Å²) in [4.78, 5) is 13.6. The molecule has 0 heterocycles. The summed E-state index contributed by atoms with van der Waals surface area (Å²) < 4.78 is 10.3. The standard InChI is InChI=1S/C15H24N2O3/c1-11(2)20-15(18)16-10-14(17(3)4)12-7-6-8-13(9-12)19-5/h6-9,11,14H,10H2,1-5H3,(H,16,18). The molecule has 0 saturated carbocycles. The number of benzene rings is 1. The number of rotatable bonds is 6. The average molecular weight is 280 g/mol. The Morgan fingerprint density at radius 2 is 2.05 bits per heavy atom. The number of carbonyl (C=O) groups is 1. The molecule has 20 heavy (non-hydrogen) atoms. The molecule has 0 fully saturated rings. The Balaban J connectivity index is 2.71. The summed E-state index contributed by atoms with van der Waals surface area (Å²) in [5, 5.41) is 2.79. The SMILES string of the molecule is COc1cccc(C(CNC(=O)OC(C)C)N(C)C)c1. The summed E-state index contributed by atoms with van der Waals surface area (Å²) in [6.45, 7) is 4.13. The highest BCUT2D eigenvalue weighted by Crippen LogP contribution is 2.22. The minimum absolute atomic E-state index is 0.0600. The molecule has 0 aliphatic carbocycles. The summed E-state index contributed by atoms with van der Waals surface area (Å²) in [5.41, 5.74) is 1.08. The van der Waals surface area contributed by atoms with E-state index in [1.54, 1.807) is 7.11 Å². The van der Waals surface area contributed by atoms with E-state index < -0.39 is 6.09 Å². The second-order valence-corrected chi connectivity index (χ2v) is 5.09. The van der Waals surface area contributed by atoms with Crippen molar-refractivity contribution in [3.8, 4) is 5.75 Å². The van der Waals surface area contributed by atoms with Crippen molar-refractivity contribution in [1.29, 1.82) is 0 Å². The molecule has 1 N–H and O–H groups in total. The van der Waals surface area contributed by atoms with Crippen molar-refractivity contribution in [2.24, 2.45) is 0 Å². The second-order valence-electron chi connectivity index (χ2n) is 5.09. The maximum atomic E-state index is 11.6. The van der Waals surface area contributed by atoms with Gasteiger partial charge in [0.1, 0.15) is 5.75 Å². The van der Waals surface area contributed by atoms with Crippen LogP contribution in [0.4, 0.5) is 4.79 Å². The van der Waals surface area contributed by atoms with Crippen molar-refractivity contribution in [2.45, 2.75) is 26.0 Å². The van der Waals surface area contributed by atoms with Gasteiger partial charge in [-0.3, -0.25) is 0 Å². The predicted octanol–water partition coefficient (Wildman–Crippen LogP) is 2.43. The summed E-state index contributed by atoms with van der Waals surface area (Å²) in [5.74, 6) is 0.805. The summed E-state index contributed by atoms with van der Waals surface area (Å²) in [6.07, 6.45) is -0.514. The van der Waals surface area contributed by atoms with Crippen molar-refractivity contribution in [3.63, 3.8) is 0 Å². The van der Waals surface area contributed by atoms with E-state index >= 15 is 0 Å². The van der Waals surface area contributed by atoms with E-state index in [4.69, 9.17) is 9.47 Å². The van der Waals surface area contributed by atoms with E-state index in [-0.39, 0.29) is 12.1 Å². The summed E-state index contributed by atoms with van der Waals surface area (Å²) >= 11 is 0. The van der Waals surface area contributed by atoms with Gasteiger partial charge in [-0.2, -0.15) is 0 Å². The van der Waals surface area contributed by atoms with Crippen LogP contribution >= 0.6 is 0 Å². The van der Waals surface area contributed by atoms with Crippen LogP contribution in [0, 0.1) is 0 Å². The molecule has 1 unspecified atom stereocenters. The van der Waals surface area contributed by atoms with Crippen molar-refractivity contribution in [3.05, 3.63) is 29.8 Å². The molecule has 1 rings (SSSR count). The maximum Gasteiger partial charge on any atom is 0.407 e. The lowest BCUT2D eigenvalue weighted by atomic mass is 10.1. The Morgan fingerprint density at radius 1 is 1.35 bits per heavy atom. The molecule has 0 aliphatic heterocycles. The number of methoxy groups -OCH3 is 1. The number of ether oxygens (including phenoxy) is 2. The number of alkyl carbamates (subject to hydrolysis) is 1. The van der Waals surface area contributed by atoms with Gasteiger partial charge in [0.15, 0.2) is 0 Å². The summed E-state index contributed by atoms with van der Waals surface area (Å²) in [6, 6.07) is 7.89. The molecule has 5 heteroatoms. The van der Waals surface area contributed by atoms with Crippen LogP contribution in [0.15, 0.2) is 24.3 Å². The van der Waals surface area contributed by atoms with Gasteiger partial charge in [0.2, 0.25) is 0 Å². The Kier molecular flexibility index (Phi) is 6.31. The van der Waals surface area contributed by atoms with Gasteiger partial charge >= 0.3 is 6.09 Å². The third-order valence-corrected chi connectivity index (χ3v) is 2.88. The van der Waals surface area contributed by atoms with Crippen LogP contribution < -0.4 is 10.1 Å². The molecular formula is C15H24N2O3. The van der Waals surface area contributed by atoms with Gasteiger partial charge < -0.3 is 19.7 Å². The quantitative estimate of drug-likeness (QED) is 0.869.